The molecule has 0 nitrogen and oxygen atoms in total. The molecule has 21 heavy (non-hydrogen) atoms. The van der Waals surface area contributed by atoms with Crippen molar-refractivity contribution in [2.24, 2.45) is 0 Å². The third kappa shape index (κ3) is 3.18. The van der Waals surface area contributed by atoms with Crippen LogP contribution in [0.3, 0.4) is 0 Å². The molecule has 2 rings (SSSR count). The highest BCUT2D eigenvalue weighted by molar-refractivity contribution is 5.52. The Labute approximate surface area is 131 Å². The minimum Gasteiger partial charge on any atom is -0.115 e. The van der Waals surface area contributed by atoms with Gasteiger partial charge in [-0.25, -0.2) is 0 Å². The van der Waals surface area contributed by atoms with Gasteiger partial charge < -0.3 is 0 Å². The predicted octanol–water partition coefficient (Wildman–Crippen LogP) is 5.75. The number of rotatable bonds is 4. The molecule has 0 heteroatoms. The van der Waals surface area contributed by atoms with Gasteiger partial charge in [-0.05, 0) is 59.3 Å². The van der Waals surface area contributed by atoms with E-state index in [2.05, 4.69) is 52.7 Å². The van der Waals surface area contributed by atoms with E-state index in [4.69, 9.17) is 6.42 Å². The Morgan fingerprint density at radius 2 is 1.57 bits per heavy atom. The molecule has 0 fully saturated rings. The van der Waals surface area contributed by atoms with Crippen LogP contribution in [0.4, 0.5) is 0 Å². The molecule has 0 radical (unpaired) electrons. The van der Waals surface area contributed by atoms with E-state index < -0.39 is 0 Å². The summed E-state index contributed by atoms with van der Waals surface area (Å²) in [7, 11) is 0. The molecule has 0 unspecified atom stereocenters. The van der Waals surface area contributed by atoms with Crippen molar-refractivity contribution in [2.75, 3.05) is 0 Å². The minimum absolute atomic E-state index is 0.248. The van der Waals surface area contributed by atoms with Crippen LogP contribution in [0.2, 0.25) is 0 Å². The summed E-state index contributed by atoms with van der Waals surface area (Å²) in [6.45, 7) is 11.7. The van der Waals surface area contributed by atoms with E-state index in [1.54, 1.807) is 0 Å². The first-order valence-corrected chi connectivity index (χ1v) is 8.46. The highest BCUT2D eigenvalue weighted by Gasteiger charge is 2.37. The fourth-order valence-electron chi connectivity index (χ4n) is 3.57. The van der Waals surface area contributed by atoms with Gasteiger partial charge in [0.15, 0.2) is 0 Å². The third-order valence-electron chi connectivity index (χ3n) is 5.28. The average Bonchev–Trinajstić information content (AvgIpc) is 2.44. The van der Waals surface area contributed by atoms with E-state index in [-0.39, 0.29) is 10.8 Å². The molecule has 0 atom stereocenters. The lowest BCUT2D eigenvalue weighted by atomic mass is 9.62. The summed E-state index contributed by atoms with van der Waals surface area (Å²) in [6, 6.07) is 4.75. The lowest BCUT2D eigenvalue weighted by Gasteiger charge is -2.42. The number of aryl methyl sites for hydroxylation is 1. The maximum atomic E-state index is 5.79. The van der Waals surface area contributed by atoms with Crippen LogP contribution in [0.5, 0.6) is 0 Å². The van der Waals surface area contributed by atoms with E-state index in [1.165, 1.54) is 48.8 Å². The lowest BCUT2D eigenvalue weighted by molar-refractivity contribution is 0.331. The Kier molecular flexibility index (Phi) is 4.52. The number of hydrogen-bond acceptors (Lipinski definition) is 0. The summed E-state index contributed by atoms with van der Waals surface area (Å²) in [5.74, 6) is 2.94. The molecule has 1 aliphatic carbocycles. The van der Waals surface area contributed by atoms with Crippen molar-refractivity contribution in [3.8, 4) is 12.3 Å². The van der Waals surface area contributed by atoms with Crippen LogP contribution in [0.25, 0.3) is 0 Å². The number of unbranched alkanes of at least 4 members (excludes halogenated alkanes) is 2. The zero-order chi connectivity index (χ0) is 15.7. The molecule has 114 valence electrons. The van der Waals surface area contributed by atoms with E-state index in [0.717, 1.165) is 12.0 Å². The van der Waals surface area contributed by atoms with Crippen LogP contribution in [-0.2, 0) is 17.3 Å². The maximum Gasteiger partial charge on any atom is 0.0277 e. The monoisotopic (exact) mass is 282 g/mol. The smallest absolute Gasteiger partial charge is 0.0277 e. The molecule has 1 aromatic rings. The zero-order valence-electron chi connectivity index (χ0n) is 14.5. The molecule has 0 aliphatic heterocycles. The zero-order valence-corrected chi connectivity index (χ0v) is 14.5. The topological polar surface area (TPSA) is 0 Å². The van der Waals surface area contributed by atoms with Gasteiger partial charge in [-0.1, -0.05) is 59.4 Å². The van der Waals surface area contributed by atoms with Gasteiger partial charge in [0.05, 0.1) is 0 Å². The summed E-state index contributed by atoms with van der Waals surface area (Å²) in [5.41, 5.74) is 6.04. The largest absolute Gasteiger partial charge is 0.115 e. The molecule has 0 amide bonds. The Bertz CT molecular complexity index is 552. The molecule has 0 N–H and O–H groups in total. The number of hydrogen-bond donors (Lipinski definition) is 0. The summed E-state index contributed by atoms with van der Waals surface area (Å²) in [6.07, 6.45) is 13.2. The van der Waals surface area contributed by atoms with E-state index >= 15 is 0 Å². The van der Waals surface area contributed by atoms with Gasteiger partial charge in [0.2, 0.25) is 0 Å². The predicted molar refractivity (Wildman–Crippen MR) is 92.9 cm³/mol. The second-order valence-corrected chi connectivity index (χ2v) is 7.92. The molecular formula is C21H30. The first kappa shape index (κ1) is 16.2. The van der Waals surface area contributed by atoms with Gasteiger partial charge in [-0.2, -0.15) is 0 Å². The number of benzene rings is 1. The second-order valence-electron chi connectivity index (χ2n) is 7.92. The molecule has 1 aliphatic rings. The quantitative estimate of drug-likeness (QED) is 0.487. The summed E-state index contributed by atoms with van der Waals surface area (Å²) in [4.78, 5) is 0. The first-order chi connectivity index (χ1) is 9.81. The van der Waals surface area contributed by atoms with Crippen molar-refractivity contribution in [1.29, 1.82) is 0 Å². The first-order valence-electron chi connectivity index (χ1n) is 8.46. The van der Waals surface area contributed by atoms with Crippen molar-refractivity contribution >= 4 is 0 Å². The van der Waals surface area contributed by atoms with Crippen molar-refractivity contribution < 1.29 is 0 Å². The average molecular weight is 282 g/mol. The second kappa shape index (κ2) is 5.88. The number of terminal acetylenes is 1. The van der Waals surface area contributed by atoms with Gasteiger partial charge in [0.1, 0.15) is 0 Å². The molecule has 1 aromatic carbocycles. The van der Waals surface area contributed by atoms with E-state index in [9.17, 15) is 0 Å². The van der Waals surface area contributed by atoms with Crippen molar-refractivity contribution in [3.63, 3.8) is 0 Å². The fourth-order valence-corrected chi connectivity index (χ4v) is 3.57. The SMILES string of the molecule is C#Cc1cc2c(cc1CCCCC)C(C)(C)CCC2(C)C. The Hall–Kier alpha value is -1.22. The lowest BCUT2D eigenvalue weighted by Crippen LogP contribution is -2.34. The van der Waals surface area contributed by atoms with Crippen LogP contribution in [0.1, 0.15) is 89.0 Å². The Morgan fingerprint density at radius 1 is 1.00 bits per heavy atom. The van der Waals surface area contributed by atoms with Crippen LogP contribution >= 0.6 is 0 Å². The van der Waals surface area contributed by atoms with Gasteiger partial charge in [0, 0.05) is 5.56 Å². The summed E-state index contributed by atoms with van der Waals surface area (Å²) in [5, 5.41) is 0. The van der Waals surface area contributed by atoms with Crippen molar-refractivity contribution in [2.45, 2.75) is 84.0 Å². The molecule has 0 spiro atoms. The highest BCUT2D eigenvalue weighted by atomic mass is 14.4. The molecule has 0 bridgehead atoms. The summed E-state index contributed by atoms with van der Waals surface area (Å²) >= 11 is 0. The van der Waals surface area contributed by atoms with Crippen LogP contribution in [-0.4, -0.2) is 0 Å². The highest BCUT2D eigenvalue weighted by Crippen LogP contribution is 2.46. The molecule has 0 heterocycles. The van der Waals surface area contributed by atoms with Gasteiger partial charge >= 0.3 is 0 Å². The number of fused-ring (bicyclic) bond motifs is 1. The molecule has 0 saturated carbocycles. The third-order valence-corrected chi connectivity index (χ3v) is 5.28. The normalized spacial score (nSPS) is 18.9. The fraction of sp³-hybridized carbons (Fsp3) is 0.619. The van der Waals surface area contributed by atoms with Gasteiger partial charge in [-0.15, -0.1) is 6.42 Å². The van der Waals surface area contributed by atoms with Crippen LogP contribution in [0, 0.1) is 12.3 Å². The van der Waals surface area contributed by atoms with Crippen molar-refractivity contribution in [1.82, 2.24) is 0 Å². The van der Waals surface area contributed by atoms with Crippen LogP contribution < -0.4 is 0 Å². The molecular weight excluding hydrogens is 252 g/mol. The van der Waals surface area contributed by atoms with Crippen LogP contribution in [0.15, 0.2) is 12.1 Å². The Morgan fingerprint density at radius 3 is 2.10 bits per heavy atom. The van der Waals surface area contributed by atoms with Gasteiger partial charge in [0.25, 0.3) is 0 Å². The van der Waals surface area contributed by atoms with E-state index in [0.29, 0.717) is 0 Å². The Balaban J connectivity index is 2.49. The van der Waals surface area contributed by atoms with E-state index in [1.807, 2.05) is 0 Å². The maximum absolute atomic E-state index is 5.79. The van der Waals surface area contributed by atoms with Gasteiger partial charge in [-0.3, -0.25) is 0 Å². The molecule has 0 aromatic heterocycles. The molecule has 0 saturated heterocycles. The minimum atomic E-state index is 0.248. The van der Waals surface area contributed by atoms with Crippen molar-refractivity contribution in [3.05, 3.63) is 34.4 Å². The standard InChI is InChI=1S/C21H30/c1-7-9-10-11-17-15-19-18(14-16(17)8-2)20(3,4)12-13-21(19,5)6/h2,14-15H,7,9-13H2,1,3-6H3. The summed E-state index contributed by atoms with van der Waals surface area (Å²) < 4.78 is 0.